The van der Waals surface area contributed by atoms with E-state index in [1.165, 1.54) is 0 Å². The first kappa shape index (κ1) is 15.2. The summed E-state index contributed by atoms with van der Waals surface area (Å²) in [6.07, 6.45) is 3.24. The zero-order chi connectivity index (χ0) is 13.7. The van der Waals surface area contributed by atoms with Gasteiger partial charge in [-0.1, -0.05) is 23.2 Å². The number of carbonyl (C=O) groups excluding carboxylic acids is 1. The van der Waals surface area contributed by atoms with Crippen LogP contribution in [-0.2, 0) is 4.79 Å². The van der Waals surface area contributed by atoms with Gasteiger partial charge in [0.25, 0.3) is 0 Å². The SMILES string of the molecule is O=CC1CCCN(CCSc2cc(Cl)ccc2Cl)C1. The maximum absolute atomic E-state index is 10.8. The Bertz CT molecular complexity index is 441. The van der Waals surface area contributed by atoms with Crippen LogP contribution in [0.5, 0.6) is 0 Å². The van der Waals surface area contributed by atoms with Gasteiger partial charge in [-0.05, 0) is 37.6 Å². The van der Waals surface area contributed by atoms with Crippen LogP contribution in [0.2, 0.25) is 10.0 Å². The molecule has 0 amide bonds. The lowest BCUT2D eigenvalue weighted by molar-refractivity contribution is -0.112. The molecule has 1 atom stereocenters. The van der Waals surface area contributed by atoms with E-state index in [2.05, 4.69) is 4.90 Å². The molecule has 1 aromatic rings. The molecule has 0 aromatic heterocycles. The molecule has 0 bridgehead atoms. The lowest BCUT2D eigenvalue weighted by Crippen LogP contribution is -2.37. The van der Waals surface area contributed by atoms with Crippen LogP contribution in [0.4, 0.5) is 0 Å². The Morgan fingerprint density at radius 1 is 1.42 bits per heavy atom. The fourth-order valence-electron chi connectivity index (χ4n) is 2.28. The zero-order valence-electron chi connectivity index (χ0n) is 10.6. The van der Waals surface area contributed by atoms with Crippen molar-refractivity contribution in [2.24, 2.45) is 5.92 Å². The number of halogens is 2. The Morgan fingerprint density at radius 2 is 2.26 bits per heavy atom. The van der Waals surface area contributed by atoms with Gasteiger partial charge in [0, 0.05) is 34.7 Å². The number of rotatable bonds is 5. The van der Waals surface area contributed by atoms with E-state index in [1.54, 1.807) is 17.8 Å². The second-order valence-electron chi connectivity index (χ2n) is 4.76. The molecule has 1 unspecified atom stereocenters. The molecular weight excluding hydrogens is 301 g/mol. The van der Waals surface area contributed by atoms with Crippen molar-refractivity contribution in [3.05, 3.63) is 28.2 Å². The van der Waals surface area contributed by atoms with E-state index in [0.29, 0.717) is 5.02 Å². The molecule has 1 aromatic carbocycles. The Labute approximate surface area is 128 Å². The predicted molar refractivity (Wildman–Crippen MR) is 82.4 cm³/mol. The highest BCUT2D eigenvalue weighted by Gasteiger charge is 2.18. The molecule has 1 aliphatic rings. The van der Waals surface area contributed by atoms with Gasteiger partial charge in [-0.2, -0.15) is 0 Å². The summed E-state index contributed by atoms with van der Waals surface area (Å²) in [4.78, 5) is 14.2. The number of likely N-dealkylation sites (tertiary alicyclic amines) is 1. The summed E-state index contributed by atoms with van der Waals surface area (Å²) in [6.45, 7) is 2.97. The monoisotopic (exact) mass is 317 g/mol. The van der Waals surface area contributed by atoms with Gasteiger partial charge in [-0.25, -0.2) is 0 Å². The largest absolute Gasteiger partial charge is 0.303 e. The van der Waals surface area contributed by atoms with Crippen LogP contribution in [0.25, 0.3) is 0 Å². The average molecular weight is 318 g/mol. The van der Waals surface area contributed by atoms with E-state index in [0.717, 1.165) is 54.4 Å². The molecule has 0 spiro atoms. The molecular formula is C14H17Cl2NOS. The molecule has 2 nitrogen and oxygen atoms in total. The Balaban J connectivity index is 1.79. The molecule has 19 heavy (non-hydrogen) atoms. The molecule has 1 fully saturated rings. The summed E-state index contributed by atoms with van der Waals surface area (Å²) < 4.78 is 0. The van der Waals surface area contributed by atoms with Crippen molar-refractivity contribution in [2.75, 3.05) is 25.4 Å². The van der Waals surface area contributed by atoms with Crippen molar-refractivity contribution in [2.45, 2.75) is 17.7 Å². The number of hydrogen-bond donors (Lipinski definition) is 0. The van der Waals surface area contributed by atoms with Gasteiger partial charge in [0.1, 0.15) is 6.29 Å². The van der Waals surface area contributed by atoms with Crippen LogP contribution < -0.4 is 0 Å². The highest BCUT2D eigenvalue weighted by Crippen LogP contribution is 2.30. The van der Waals surface area contributed by atoms with Crippen molar-refractivity contribution >= 4 is 41.2 Å². The van der Waals surface area contributed by atoms with Crippen molar-refractivity contribution < 1.29 is 4.79 Å². The van der Waals surface area contributed by atoms with Gasteiger partial charge in [-0.3, -0.25) is 0 Å². The Kier molecular flexibility index (Phi) is 6.02. The Morgan fingerprint density at radius 3 is 3.05 bits per heavy atom. The molecule has 5 heteroatoms. The molecule has 1 heterocycles. The number of piperidine rings is 1. The van der Waals surface area contributed by atoms with Crippen LogP contribution >= 0.6 is 35.0 Å². The second-order valence-corrected chi connectivity index (χ2v) is 6.74. The van der Waals surface area contributed by atoms with Gasteiger partial charge in [0.2, 0.25) is 0 Å². The minimum Gasteiger partial charge on any atom is -0.303 e. The van der Waals surface area contributed by atoms with Gasteiger partial charge < -0.3 is 9.69 Å². The number of carbonyl (C=O) groups is 1. The van der Waals surface area contributed by atoms with Crippen molar-refractivity contribution in [3.63, 3.8) is 0 Å². The standard InChI is InChI=1S/C14H17Cl2NOS/c15-12-3-4-13(16)14(8-12)19-7-6-17-5-1-2-11(9-17)10-18/h3-4,8,10-11H,1-2,5-7,9H2. The highest BCUT2D eigenvalue weighted by molar-refractivity contribution is 7.99. The van der Waals surface area contributed by atoms with Crippen molar-refractivity contribution in [1.29, 1.82) is 0 Å². The van der Waals surface area contributed by atoms with E-state index in [4.69, 9.17) is 23.2 Å². The molecule has 1 aliphatic heterocycles. The molecule has 0 saturated carbocycles. The minimum absolute atomic E-state index is 0.216. The summed E-state index contributed by atoms with van der Waals surface area (Å²) in [5.74, 6) is 1.18. The van der Waals surface area contributed by atoms with Crippen LogP contribution in [0, 0.1) is 5.92 Å². The van der Waals surface area contributed by atoms with Crippen molar-refractivity contribution in [3.8, 4) is 0 Å². The maximum atomic E-state index is 10.8. The normalized spacial score (nSPS) is 20.4. The summed E-state index contributed by atoms with van der Waals surface area (Å²) >= 11 is 13.8. The summed E-state index contributed by atoms with van der Waals surface area (Å²) in [7, 11) is 0. The molecule has 2 rings (SSSR count). The Hall–Kier alpha value is -0.220. The third-order valence-corrected chi connectivity index (χ3v) is 5.00. The van der Waals surface area contributed by atoms with E-state index >= 15 is 0 Å². The molecule has 0 aliphatic carbocycles. The van der Waals surface area contributed by atoms with E-state index in [-0.39, 0.29) is 5.92 Å². The van der Waals surface area contributed by atoms with E-state index in [1.807, 2.05) is 12.1 Å². The first-order chi connectivity index (χ1) is 9.19. The van der Waals surface area contributed by atoms with Gasteiger partial charge >= 0.3 is 0 Å². The predicted octanol–water partition coefficient (Wildman–Crippen LogP) is 4.00. The fraction of sp³-hybridized carbons (Fsp3) is 0.500. The smallest absolute Gasteiger partial charge is 0.124 e. The lowest BCUT2D eigenvalue weighted by Gasteiger charge is -2.29. The first-order valence-corrected chi connectivity index (χ1v) is 8.18. The summed E-state index contributed by atoms with van der Waals surface area (Å²) in [5, 5.41) is 1.46. The highest BCUT2D eigenvalue weighted by atomic mass is 35.5. The number of hydrogen-bond acceptors (Lipinski definition) is 3. The van der Waals surface area contributed by atoms with Crippen LogP contribution in [0.1, 0.15) is 12.8 Å². The maximum Gasteiger partial charge on any atom is 0.124 e. The second kappa shape index (κ2) is 7.53. The molecule has 1 saturated heterocycles. The van der Waals surface area contributed by atoms with Crippen molar-refractivity contribution in [1.82, 2.24) is 4.90 Å². The minimum atomic E-state index is 0.216. The molecule has 0 N–H and O–H groups in total. The average Bonchev–Trinajstić information content (AvgIpc) is 2.43. The lowest BCUT2D eigenvalue weighted by atomic mass is 10.00. The number of thioether (sulfide) groups is 1. The van der Waals surface area contributed by atoms with Crippen LogP contribution in [0.3, 0.4) is 0 Å². The quantitative estimate of drug-likeness (QED) is 0.605. The fourth-order valence-corrected chi connectivity index (χ4v) is 3.78. The molecule has 104 valence electrons. The first-order valence-electron chi connectivity index (χ1n) is 6.44. The van der Waals surface area contributed by atoms with Gasteiger partial charge in [0.05, 0.1) is 5.02 Å². The number of aldehydes is 1. The zero-order valence-corrected chi connectivity index (χ0v) is 13.0. The third kappa shape index (κ3) is 4.67. The summed E-state index contributed by atoms with van der Waals surface area (Å²) in [5.41, 5.74) is 0. The van der Waals surface area contributed by atoms with Crippen LogP contribution in [-0.4, -0.2) is 36.6 Å². The number of nitrogens with zero attached hydrogens (tertiary/aromatic N) is 1. The van der Waals surface area contributed by atoms with Crippen LogP contribution in [0.15, 0.2) is 23.1 Å². The van der Waals surface area contributed by atoms with Gasteiger partial charge in [0.15, 0.2) is 0 Å². The third-order valence-electron chi connectivity index (χ3n) is 3.29. The number of benzene rings is 1. The van der Waals surface area contributed by atoms with Gasteiger partial charge in [-0.15, -0.1) is 11.8 Å². The van der Waals surface area contributed by atoms with E-state index in [9.17, 15) is 4.79 Å². The summed E-state index contributed by atoms with van der Waals surface area (Å²) in [6, 6.07) is 5.53. The van der Waals surface area contributed by atoms with E-state index < -0.39 is 0 Å². The topological polar surface area (TPSA) is 20.3 Å². The molecule has 0 radical (unpaired) electrons.